The van der Waals surface area contributed by atoms with Gasteiger partial charge in [-0.2, -0.15) is 0 Å². The maximum atomic E-state index is 11.8. The van der Waals surface area contributed by atoms with Crippen LogP contribution in [0, 0.1) is 12.8 Å². The maximum Gasteiger partial charge on any atom is 0.166 e. The highest BCUT2D eigenvalue weighted by atomic mass is 16.3. The van der Waals surface area contributed by atoms with Gasteiger partial charge in [-0.3, -0.25) is 4.79 Å². The molecule has 0 fully saturated rings. The van der Waals surface area contributed by atoms with Crippen LogP contribution in [0.15, 0.2) is 16.7 Å². The van der Waals surface area contributed by atoms with Gasteiger partial charge in [0.15, 0.2) is 5.78 Å². The summed E-state index contributed by atoms with van der Waals surface area (Å²) in [6.07, 6.45) is 4.46. The van der Waals surface area contributed by atoms with Crippen LogP contribution < -0.4 is 0 Å². The van der Waals surface area contributed by atoms with Crippen LogP contribution in [0.25, 0.3) is 0 Å². The molecule has 1 atom stereocenters. The average molecular weight is 194 g/mol. The number of furan rings is 1. The maximum absolute atomic E-state index is 11.8. The normalized spacial score (nSPS) is 12.8. The van der Waals surface area contributed by atoms with Crippen molar-refractivity contribution in [1.29, 1.82) is 0 Å². The van der Waals surface area contributed by atoms with E-state index in [2.05, 4.69) is 13.8 Å². The van der Waals surface area contributed by atoms with Gasteiger partial charge in [0.05, 0.1) is 11.8 Å². The number of carbonyl (C=O) groups is 1. The van der Waals surface area contributed by atoms with Gasteiger partial charge in [0.2, 0.25) is 0 Å². The van der Waals surface area contributed by atoms with E-state index in [1.807, 2.05) is 6.92 Å². The number of Topliss-reactive ketones (excluding diaryl/α,β-unsaturated/α-hetero) is 1. The molecule has 1 rings (SSSR count). The van der Waals surface area contributed by atoms with E-state index < -0.39 is 0 Å². The third-order valence-electron chi connectivity index (χ3n) is 2.47. The van der Waals surface area contributed by atoms with Crippen molar-refractivity contribution in [3.05, 3.63) is 23.7 Å². The van der Waals surface area contributed by atoms with Crippen molar-refractivity contribution >= 4 is 5.78 Å². The van der Waals surface area contributed by atoms with Crippen molar-refractivity contribution in [2.24, 2.45) is 5.92 Å². The minimum absolute atomic E-state index is 0.206. The van der Waals surface area contributed by atoms with Crippen molar-refractivity contribution < 1.29 is 9.21 Å². The molecule has 0 aliphatic rings. The van der Waals surface area contributed by atoms with Crippen molar-refractivity contribution in [1.82, 2.24) is 0 Å². The predicted molar refractivity (Wildman–Crippen MR) is 56.5 cm³/mol. The Kier molecular flexibility index (Phi) is 3.93. The summed E-state index contributed by atoms with van der Waals surface area (Å²) in [5.41, 5.74) is 0.743. The van der Waals surface area contributed by atoms with Crippen LogP contribution in [0.2, 0.25) is 0 Å². The SMILES string of the molecule is CCCC(C)CC(=O)c1ccoc1C. The second kappa shape index (κ2) is 4.99. The smallest absolute Gasteiger partial charge is 0.166 e. The number of carbonyl (C=O) groups excluding carboxylic acids is 1. The van der Waals surface area contributed by atoms with Gasteiger partial charge in [-0.25, -0.2) is 0 Å². The Labute approximate surface area is 85.3 Å². The minimum Gasteiger partial charge on any atom is -0.469 e. The molecule has 1 aromatic heterocycles. The van der Waals surface area contributed by atoms with E-state index in [0.717, 1.165) is 24.2 Å². The van der Waals surface area contributed by atoms with Crippen LogP contribution >= 0.6 is 0 Å². The van der Waals surface area contributed by atoms with Crippen LogP contribution in [0.1, 0.15) is 49.2 Å². The monoisotopic (exact) mass is 194 g/mol. The molecule has 14 heavy (non-hydrogen) atoms. The molecule has 0 bridgehead atoms. The fourth-order valence-electron chi connectivity index (χ4n) is 1.70. The summed E-state index contributed by atoms with van der Waals surface area (Å²) in [6.45, 7) is 6.10. The molecule has 2 heteroatoms. The molecule has 0 saturated heterocycles. The van der Waals surface area contributed by atoms with Gasteiger partial charge in [0.1, 0.15) is 5.76 Å². The fraction of sp³-hybridized carbons (Fsp3) is 0.583. The van der Waals surface area contributed by atoms with E-state index in [1.165, 1.54) is 0 Å². The van der Waals surface area contributed by atoms with E-state index >= 15 is 0 Å². The van der Waals surface area contributed by atoms with Gasteiger partial charge < -0.3 is 4.42 Å². The first kappa shape index (κ1) is 11.0. The fourth-order valence-corrected chi connectivity index (χ4v) is 1.70. The largest absolute Gasteiger partial charge is 0.469 e. The molecule has 0 saturated carbocycles. The molecule has 1 heterocycles. The van der Waals surface area contributed by atoms with Gasteiger partial charge in [0, 0.05) is 6.42 Å². The summed E-state index contributed by atoms with van der Waals surface area (Å²) in [7, 11) is 0. The third-order valence-corrected chi connectivity index (χ3v) is 2.47. The van der Waals surface area contributed by atoms with Crippen molar-refractivity contribution in [3.8, 4) is 0 Å². The van der Waals surface area contributed by atoms with Crippen LogP contribution in [0.5, 0.6) is 0 Å². The zero-order chi connectivity index (χ0) is 10.6. The molecular formula is C12H18O2. The molecule has 0 aliphatic carbocycles. The molecule has 0 amide bonds. The standard InChI is InChI=1S/C12H18O2/c1-4-5-9(2)8-12(13)11-6-7-14-10(11)3/h6-7,9H,4-5,8H2,1-3H3. The average Bonchev–Trinajstić information content (AvgIpc) is 2.51. The number of ketones is 1. The Balaban J connectivity index is 2.55. The highest BCUT2D eigenvalue weighted by molar-refractivity contribution is 5.96. The van der Waals surface area contributed by atoms with Crippen molar-refractivity contribution in [2.45, 2.75) is 40.0 Å². The second-order valence-electron chi connectivity index (χ2n) is 3.91. The van der Waals surface area contributed by atoms with Crippen molar-refractivity contribution in [2.75, 3.05) is 0 Å². The predicted octanol–water partition coefficient (Wildman–Crippen LogP) is 3.60. The Hall–Kier alpha value is -1.05. The third kappa shape index (κ3) is 2.72. The summed E-state index contributed by atoms with van der Waals surface area (Å²) in [5, 5.41) is 0. The summed E-state index contributed by atoms with van der Waals surface area (Å²) < 4.78 is 5.11. The Morgan fingerprint density at radius 1 is 1.57 bits per heavy atom. The lowest BCUT2D eigenvalue weighted by Gasteiger charge is -2.07. The lowest BCUT2D eigenvalue weighted by Crippen LogP contribution is -2.06. The van der Waals surface area contributed by atoms with E-state index in [9.17, 15) is 4.79 Å². The molecule has 0 aliphatic heterocycles. The molecule has 1 unspecified atom stereocenters. The number of hydrogen-bond donors (Lipinski definition) is 0. The summed E-state index contributed by atoms with van der Waals surface area (Å²) in [5.74, 6) is 1.41. The van der Waals surface area contributed by atoms with Crippen molar-refractivity contribution in [3.63, 3.8) is 0 Å². The lowest BCUT2D eigenvalue weighted by molar-refractivity contribution is 0.0961. The van der Waals surface area contributed by atoms with E-state index in [1.54, 1.807) is 12.3 Å². The molecular weight excluding hydrogens is 176 g/mol. The molecule has 0 spiro atoms. The molecule has 0 N–H and O–H groups in total. The molecule has 78 valence electrons. The number of hydrogen-bond acceptors (Lipinski definition) is 2. The molecule has 0 radical (unpaired) electrons. The van der Waals surface area contributed by atoms with E-state index in [-0.39, 0.29) is 5.78 Å². The van der Waals surface area contributed by atoms with E-state index in [4.69, 9.17) is 4.42 Å². The molecule has 2 nitrogen and oxygen atoms in total. The zero-order valence-electron chi connectivity index (χ0n) is 9.17. The van der Waals surface area contributed by atoms with Crippen LogP contribution in [0.4, 0.5) is 0 Å². The minimum atomic E-state index is 0.206. The second-order valence-corrected chi connectivity index (χ2v) is 3.91. The molecule has 0 aromatic carbocycles. The first-order chi connectivity index (χ1) is 6.65. The highest BCUT2D eigenvalue weighted by Crippen LogP contribution is 2.17. The van der Waals surface area contributed by atoms with E-state index in [0.29, 0.717) is 12.3 Å². The first-order valence-corrected chi connectivity index (χ1v) is 5.22. The van der Waals surface area contributed by atoms with Crippen LogP contribution in [-0.2, 0) is 0 Å². The van der Waals surface area contributed by atoms with Gasteiger partial charge in [-0.05, 0) is 18.9 Å². The van der Waals surface area contributed by atoms with Crippen LogP contribution in [0.3, 0.4) is 0 Å². The van der Waals surface area contributed by atoms with Gasteiger partial charge >= 0.3 is 0 Å². The molecule has 1 aromatic rings. The number of rotatable bonds is 5. The first-order valence-electron chi connectivity index (χ1n) is 5.22. The summed E-state index contributed by atoms with van der Waals surface area (Å²) in [4.78, 5) is 11.8. The number of aryl methyl sites for hydroxylation is 1. The quantitative estimate of drug-likeness (QED) is 0.670. The van der Waals surface area contributed by atoms with Crippen LogP contribution in [-0.4, -0.2) is 5.78 Å². The lowest BCUT2D eigenvalue weighted by atomic mass is 9.96. The zero-order valence-corrected chi connectivity index (χ0v) is 9.17. The van der Waals surface area contributed by atoms with Gasteiger partial charge in [0.25, 0.3) is 0 Å². The Morgan fingerprint density at radius 2 is 2.29 bits per heavy atom. The Bertz CT molecular complexity index is 299. The van der Waals surface area contributed by atoms with Gasteiger partial charge in [-0.15, -0.1) is 0 Å². The summed E-state index contributed by atoms with van der Waals surface area (Å²) >= 11 is 0. The van der Waals surface area contributed by atoms with Gasteiger partial charge in [-0.1, -0.05) is 26.7 Å². The highest BCUT2D eigenvalue weighted by Gasteiger charge is 2.14. The summed E-state index contributed by atoms with van der Waals surface area (Å²) in [6, 6.07) is 1.76. The Morgan fingerprint density at radius 3 is 2.79 bits per heavy atom. The topological polar surface area (TPSA) is 30.2 Å².